The molecule has 1 atom stereocenters. The standard InChI is InChI=1S/C30H26ClF3N2O3S/c31-25-10-6-23(7-11-25)29(18-19-36(21-29)20-22-4-2-1-3-5-22)35-40(37,38)28-16-14-27(15-17-28)39-26-12-8-24(9-13-26)30(32,33)34/h1-17,35H,18-21H2/t29-/m0/s1. The van der Waals surface area contributed by atoms with Crippen molar-refractivity contribution in [3.63, 3.8) is 0 Å². The molecule has 5 rings (SSSR count). The maximum absolute atomic E-state index is 13.6. The van der Waals surface area contributed by atoms with E-state index in [2.05, 4.69) is 9.62 Å². The number of sulfonamides is 1. The molecule has 0 saturated carbocycles. The molecular weight excluding hydrogens is 561 g/mol. The molecule has 0 spiro atoms. The van der Waals surface area contributed by atoms with Gasteiger partial charge in [0.2, 0.25) is 10.0 Å². The summed E-state index contributed by atoms with van der Waals surface area (Å²) in [7, 11) is -3.96. The first-order valence-corrected chi connectivity index (χ1v) is 14.4. The molecule has 0 amide bonds. The first kappa shape index (κ1) is 28.2. The summed E-state index contributed by atoms with van der Waals surface area (Å²) in [5, 5.41) is 0.560. The predicted octanol–water partition coefficient (Wildman–Crippen LogP) is 7.23. The van der Waals surface area contributed by atoms with Crippen molar-refractivity contribution in [1.82, 2.24) is 9.62 Å². The van der Waals surface area contributed by atoms with Crippen LogP contribution in [0, 0.1) is 0 Å². The van der Waals surface area contributed by atoms with Crippen LogP contribution >= 0.6 is 11.6 Å². The van der Waals surface area contributed by atoms with Crippen molar-refractivity contribution in [2.24, 2.45) is 0 Å². The lowest BCUT2D eigenvalue weighted by Crippen LogP contribution is -2.47. The van der Waals surface area contributed by atoms with Crippen LogP contribution in [0.15, 0.2) is 108 Å². The first-order chi connectivity index (χ1) is 19.0. The monoisotopic (exact) mass is 586 g/mol. The van der Waals surface area contributed by atoms with Crippen molar-refractivity contribution in [2.45, 2.75) is 29.6 Å². The molecule has 0 unspecified atom stereocenters. The van der Waals surface area contributed by atoms with Gasteiger partial charge < -0.3 is 4.74 Å². The van der Waals surface area contributed by atoms with Crippen LogP contribution < -0.4 is 9.46 Å². The van der Waals surface area contributed by atoms with E-state index in [1.54, 1.807) is 12.1 Å². The van der Waals surface area contributed by atoms with Crippen molar-refractivity contribution in [3.8, 4) is 11.5 Å². The molecule has 1 aliphatic heterocycles. The zero-order valence-corrected chi connectivity index (χ0v) is 22.8. The van der Waals surface area contributed by atoms with Crippen LogP contribution in [0.4, 0.5) is 13.2 Å². The maximum atomic E-state index is 13.6. The number of nitrogens with zero attached hydrogens (tertiary/aromatic N) is 1. The smallest absolute Gasteiger partial charge is 0.416 e. The predicted molar refractivity (Wildman–Crippen MR) is 148 cm³/mol. The number of likely N-dealkylation sites (tertiary alicyclic amines) is 1. The van der Waals surface area contributed by atoms with Crippen LogP contribution in [0.5, 0.6) is 11.5 Å². The minimum atomic E-state index is -4.44. The summed E-state index contributed by atoms with van der Waals surface area (Å²) < 4.78 is 74.2. The molecule has 0 bridgehead atoms. The molecule has 0 aromatic heterocycles. The van der Waals surface area contributed by atoms with Gasteiger partial charge in [0.25, 0.3) is 0 Å². The SMILES string of the molecule is O=S(=O)(N[C@@]1(c2ccc(Cl)cc2)CCN(Cc2ccccc2)C1)c1ccc(Oc2ccc(C(F)(F)F)cc2)cc1. The zero-order valence-electron chi connectivity index (χ0n) is 21.2. The third kappa shape index (κ3) is 6.50. The van der Waals surface area contributed by atoms with E-state index in [9.17, 15) is 21.6 Å². The van der Waals surface area contributed by atoms with Gasteiger partial charge in [-0.15, -0.1) is 0 Å². The van der Waals surface area contributed by atoms with Crippen LogP contribution in [-0.4, -0.2) is 26.4 Å². The highest BCUT2D eigenvalue weighted by Gasteiger charge is 2.43. The molecule has 5 nitrogen and oxygen atoms in total. The molecule has 1 saturated heterocycles. The van der Waals surface area contributed by atoms with Crippen molar-refractivity contribution in [1.29, 1.82) is 0 Å². The molecule has 1 aliphatic rings. The number of nitrogens with one attached hydrogen (secondary N) is 1. The lowest BCUT2D eigenvalue weighted by molar-refractivity contribution is -0.137. The topological polar surface area (TPSA) is 58.6 Å². The molecule has 40 heavy (non-hydrogen) atoms. The van der Waals surface area contributed by atoms with E-state index in [4.69, 9.17) is 16.3 Å². The Balaban J connectivity index is 1.34. The summed E-state index contributed by atoms with van der Waals surface area (Å²) in [6, 6.07) is 27.2. The Labute approximate surface area is 236 Å². The molecular formula is C30H26ClF3N2O3S. The van der Waals surface area contributed by atoms with Crippen molar-refractivity contribution < 1.29 is 26.3 Å². The Bertz CT molecular complexity index is 1550. The Kier molecular flexibility index (Phi) is 7.92. The fraction of sp³-hybridized carbons (Fsp3) is 0.200. The Hall–Kier alpha value is -3.37. The summed E-state index contributed by atoms with van der Waals surface area (Å²) >= 11 is 6.12. The molecule has 0 radical (unpaired) electrons. The van der Waals surface area contributed by atoms with Crippen molar-refractivity contribution in [2.75, 3.05) is 13.1 Å². The molecule has 1 N–H and O–H groups in total. The molecule has 208 valence electrons. The first-order valence-electron chi connectivity index (χ1n) is 12.5. The van der Waals surface area contributed by atoms with Crippen LogP contribution in [0.2, 0.25) is 5.02 Å². The van der Waals surface area contributed by atoms with Crippen LogP contribution in [0.25, 0.3) is 0 Å². The highest BCUT2D eigenvalue weighted by molar-refractivity contribution is 7.89. The Morgan fingerprint density at radius 1 is 0.850 bits per heavy atom. The minimum absolute atomic E-state index is 0.0436. The lowest BCUT2D eigenvalue weighted by atomic mass is 9.90. The number of benzene rings is 4. The van der Waals surface area contributed by atoms with E-state index in [1.165, 1.54) is 36.4 Å². The number of rotatable bonds is 8. The van der Waals surface area contributed by atoms with Crippen molar-refractivity contribution >= 4 is 21.6 Å². The van der Waals surface area contributed by atoms with E-state index in [0.29, 0.717) is 36.8 Å². The summed E-state index contributed by atoms with van der Waals surface area (Å²) in [6.45, 7) is 1.85. The van der Waals surface area contributed by atoms with Gasteiger partial charge in [-0.1, -0.05) is 54.1 Å². The van der Waals surface area contributed by atoms with Gasteiger partial charge in [-0.2, -0.15) is 17.9 Å². The average Bonchev–Trinajstić information content (AvgIpc) is 3.32. The second-order valence-corrected chi connectivity index (χ2v) is 11.9. The summed E-state index contributed by atoms with van der Waals surface area (Å²) in [6.07, 6.45) is -3.88. The zero-order chi connectivity index (χ0) is 28.4. The van der Waals surface area contributed by atoms with Gasteiger partial charge in [0, 0.05) is 24.7 Å². The average molecular weight is 587 g/mol. The van der Waals surface area contributed by atoms with Gasteiger partial charge in [-0.25, -0.2) is 8.42 Å². The largest absolute Gasteiger partial charge is 0.457 e. The summed E-state index contributed by atoms with van der Waals surface area (Å²) in [4.78, 5) is 2.26. The number of hydrogen-bond donors (Lipinski definition) is 1. The van der Waals surface area contributed by atoms with Gasteiger partial charge in [0.15, 0.2) is 0 Å². The van der Waals surface area contributed by atoms with Gasteiger partial charge >= 0.3 is 6.18 Å². The van der Waals surface area contributed by atoms with Crippen molar-refractivity contribution in [3.05, 3.63) is 125 Å². The van der Waals surface area contributed by atoms with Gasteiger partial charge in [0.1, 0.15) is 11.5 Å². The quantitative estimate of drug-likeness (QED) is 0.237. The Morgan fingerprint density at radius 3 is 2.05 bits per heavy atom. The van der Waals surface area contributed by atoms with Gasteiger partial charge in [-0.05, 0) is 78.2 Å². The summed E-state index contributed by atoms with van der Waals surface area (Å²) in [5.41, 5.74) is 0.309. The van der Waals surface area contributed by atoms with Crippen LogP contribution in [0.3, 0.4) is 0 Å². The molecule has 0 aliphatic carbocycles. The molecule has 10 heteroatoms. The summed E-state index contributed by atoms with van der Waals surface area (Å²) in [5.74, 6) is 0.494. The van der Waals surface area contributed by atoms with Gasteiger partial charge in [-0.3, -0.25) is 4.90 Å². The molecule has 1 fully saturated rings. The van der Waals surface area contributed by atoms with Gasteiger partial charge in [0.05, 0.1) is 16.0 Å². The fourth-order valence-electron chi connectivity index (χ4n) is 4.86. The number of ether oxygens (including phenoxy) is 1. The lowest BCUT2D eigenvalue weighted by Gasteiger charge is -2.31. The highest BCUT2D eigenvalue weighted by atomic mass is 35.5. The molecule has 4 aromatic carbocycles. The van der Waals surface area contributed by atoms with Crippen LogP contribution in [-0.2, 0) is 28.3 Å². The molecule has 4 aromatic rings. The van der Waals surface area contributed by atoms with E-state index in [-0.39, 0.29) is 10.6 Å². The van der Waals surface area contributed by atoms with Crippen LogP contribution in [0.1, 0.15) is 23.1 Å². The molecule has 1 heterocycles. The van der Waals surface area contributed by atoms with E-state index < -0.39 is 27.3 Å². The third-order valence-electron chi connectivity index (χ3n) is 6.88. The second kappa shape index (κ2) is 11.2. The minimum Gasteiger partial charge on any atom is -0.457 e. The number of alkyl halides is 3. The van der Waals surface area contributed by atoms with E-state index in [1.807, 2.05) is 42.5 Å². The number of halogens is 4. The fourth-order valence-corrected chi connectivity index (χ4v) is 6.40. The number of hydrogen-bond acceptors (Lipinski definition) is 4. The normalized spacial score (nSPS) is 18.1. The third-order valence-corrected chi connectivity index (χ3v) is 8.68. The van der Waals surface area contributed by atoms with E-state index >= 15 is 0 Å². The van der Waals surface area contributed by atoms with E-state index in [0.717, 1.165) is 23.3 Å². The second-order valence-electron chi connectivity index (χ2n) is 9.74. The highest BCUT2D eigenvalue weighted by Crippen LogP contribution is 2.36. The maximum Gasteiger partial charge on any atom is 0.416 e. The Morgan fingerprint density at radius 2 is 1.45 bits per heavy atom.